The van der Waals surface area contributed by atoms with E-state index >= 15 is 0 Å². The van der Waals surface area contributed by atoms with Crippen molar-refractivity contribution in [2.24, 2.45) is 0 Å². The van der Waals surface area contributed by atoms with Gasteiger partial charge in [0.15, 0.2) is 0 Å². The molecule has 1 nitrogen and oxygen atoms in total. The van der Waals surface area contributed by atoms with Gasteiger partial charge in [-0.1, -0.05) is 40.9 Å². The topological polar surface area (TPSA) is 3.24 Å². The van der Waals surface area contributed by atoms with Gasteiger partial charge in [0.1, 0.15) is 0 Å². The Balaban J connectivity index is 1.90. The Kier molecular flexibility index (Phi) is 3.62. The monoisotopic (exact) mass is 311 g/mol. The van der Waals surface area contributed by atoms with E-state index < -0.39 is 0 Å². The van der Waals surface area contributed by atoms with Crippen LogP contribution in [-0.2, 0) is 13.0 Å². The van der Waals surface area contributed by atoms with Gasteiger partial charge in [0.05, 0.1) is 10.0 Å². The molecule has 2 aromatic carbocycles. The van der Waals surface area contributed by atoms with Crippen molar-refractivity contribution in [2.75, 3.05) is 11.4 Å². The van der Waals surface area contributed by atoms with E-state index in [-0.39, 0.29) is 0 Å². The summed E-state index contributed by atoms with van der Waals surface area (Å²) in [5, 5.41) is 1.97. The van der Waals surface area contributed by atoms with Gasteiger partial charge in [0.25, 0.3) is 0 Å². The summed E-state index contributed by atoms with van der Waals surface area (Å²) in [5.41, 5.74) is 3.76. The standard InChI is InChI=1S/C15H12Cl3N/c16-12-2-1-10-5-6-19(9-11(10)7-12)13-3-4-14(17)15(18)8-13/h1-4,7-8H,5-6,9H2. The van der Waals surface area contributed by atoms with Crippen molar-refractivity contribution in [2.45, 2.75) is 13.0 Å². The highest BCUT2D eigenvalue weighted by molar-refractivity contribution is 6.42. The van der Waals surface area contributed by atoms with E-state index in [0.29, 0.717) is 10.0 Å². The van der Waals surface area contributed by atoms with Gasteiger partial charge in [-0.25, -0.2) is 0 Å². The van der Waals surface area contributed by atoms with Crippen LogP contribution in [0.2, 0.25) is 15.1 Å². The van der Waals surface area contributed by atoms with Crippen LogP contribution in [0, 0.1) is 0 Å². The molecule has 0 saturated carbocycles. The predicted octanol–water partition coefficient (Wildman–Crippen LogP) is 5.21. The van der Waals surface area contributed by atoms with Crippen LogP contribution >= 0.6 is 34.8 Å². The van der Waals surface area contributed by atoms with Crippen LogP contribution in [0.4, 0.5) is 5.69 Å². The van der Waals surface area contributed by atoms with E-state index in [2.05, 4.69) is 11.0 Å². The van der Waals surface area contributed by atoms with Gasteiger partial charge in [-0.05, 0) is 47.9 Å². The fraction of sp³-hybridized carbons (Fsp3) is 0.200. The number of fused-ring (bicyclic) bond motifs is 1. The SMILES string of the molecule is Clc1ccc2c(c1)CN(c1ccc(Cl)c(Cl)c1)CC2. The highest BCUT2D eigenvalue weighted by Gasteiger charge is 2.17. The molecule has 1 aliphatic rings. The Morgan fingerprint density at radius 2 is 1.68 bits per heavy atom. The molecule has 1 aliphatic heterocycles. The minimum atomic E-state index is 0.589. The van der Waals surface area contributed by atoms with E-state index in [9.17, 15) is 0 Å². The normalized spacial score (nSPS) is 14.4. The zero-order chi connectivity index (χ0) is 13.4. The van der Waals surface area contributed by atoms with E-state index in [0.717, 1.165) is 30.2 Å². The number of hydrogen-bond donors (Lipinski definition) is 0. The van der Waals surface area contributed by atoms with E-state index in [1.165, 1.54) is 11.1 Å². The van der Waals surface area contributed by atoms with Crippen molar-refractivity contribution in [3.63, 3.8) is 0 Å². The molecule has 0 bridgehead atoms. The summed E-state index contributed by atoms with van der Waals surface area (Å²) in [6.07, 6.45) is 1.02. The number of anilines is 1. The second-order valence-electron chi connectivity index (χ2n) is 4.68. The lowest BCUT2D eigenvalue weighted by Gasteiger charge is -2.31. The number of benzene rings is 2. The lowest BCUT2D eigenvalue weighted by Crippen LogP contribution is -2.30. The number of rotatable bonds is 1. The molecule has 3 rings (SSSR count). The molecule has 0 atom stereocenters. The first-order chi connectivity index (χ1) is 9.13. The number of hydrogen-bond acceptors (Lipinski definition) is 1. The zero-order valence-corrected chi connectivity index (χ0v) is 12.4. The lowest BCUT2D eigenvalue weighted by atomic mass is 9.99. The second-order valence-corrected chi connectivity index (χ2v) is 5.93. The molecule has 0 unspecified atom stereocenters. The third-order valence-corrected chi connectivity index (χ3v) is 4.42. The summed E-state index contributed by atoms with van der Waals surface area (Å²) in [4.78, 5) is 2.29. The number of halogens is 3. The minimum Gasteiger partial charge on any atom is -0.367 e. The molecule has 2 aromatic rings. The summed E-state index contributed by atoms with van der Waals surface area (Å²) in [6.45, 7) is 1.83. The summed E-state index contributed by atoms with van der Waals surface area (Å²) in [5.74, 6) is 0. The fourth-order valence-corrected chi connectivity index (χ4v) is 2.91. The van der Waals surface area contributed by atoms with Gasteiger partial charge >= 0.3 is 0 Å². The average Bonchev–Trinajstić information content (AvgIpc) is 2.41. The van der Waals surface area contributed by atoms with Crippen LogP contribution in [0.25, 0.3) is 0 Å². The Bertz CT molecular complexity index is 625. The lowest BCUT2D eigenvalue weighted by molar-refractivity contribution is 0.732. The van der Waals surface area contributed by atoms with Gasteiger partial charge in [0, 0.05) is 23.8 Å². The largest absolute Gasteiger partial charge is 0.367 e. The molecule has 1 heterocycles. The second kappa shape index (κ2) is 5.24. The van der Waals surface area contributed by atoms with E-state index in [1.54, 1.807) is 0 Å². The maximum Gasteiger partial charge on any atom is 0.0612 e. The van der Waals surface area contributed by atoms with Crippen molar-refractivity contribution >= 4 is 40.5 Å². The van der Waals surface area contributed by atoms with Gasteiger partial charge in [0.2, 0.25) is 0 Å². The van der Waals surface area contributed by atoms with Gasteiger partial charge < -0.3 is 4.90 Å². The van der Waals surface area contributed by atoms with Crippen molar-refractivity contribution in [3.8, 4) is 0 Å². The van der Waals surface area contributed by atoms with Gasteiger partial charge in [-0.2, -0.15) is 0 Å². The fourth-order valence-electron chi connectivity index (χ4n) is 2.43. The Labute approximate surface area is 127 Å². The molecule has 0 aromatic heterocycles. The first-order valence-electron chi connectivity index (χ1n) is 6.11. The van der Waals surface area contributed by atoms with Crippen LogP contribution in [0.5, 0.6) is 0 Å². The molecule has 4 heteroatoms. The molecule has 0 amide bonds. The third-order valence-electron chi connectivity index (χ3n) is 3.45. The molecule has 98 valence electrons. The van der Waals surface area contributed by atoms with Crippen molar-refractivity contribution < 1.29 is 0 Å². The van der Waals surface area contributed by atoms with Crippen LogP contribution in [-0.4, -0.2) is 6.54 Å². The molecule has 0 radical (unpaired) electrons. The quantitative estimate of drug-likeness (QED) is 0.698. The van der Waals surface area contributed by atoms with Gasteiger partial charge in [-0.15, -0.1) is 0 Å². The van der Waals surface area contributed by atoms with Crippen molar-refractivity contribution in [1.82, 2.24) is 0 Å². The van der Waals surface area contributed by atoms with Crippen molar-refractivity contribution in [3.05, 3.63) is 62.6 Å². The van der Waals surface area contributed by atoms with Crippen molar-refractivity contribution in [1.29, 1.82) is 0 Å². The molecule has 0 aliphatic carbocycles. The minimum absolute atomic E-state index is 0.589. The summed E-state index contributed by atoms with van der Waals surface area (Å²) >= 11 is 18.1. The summed E-state index contributed by atoms with van der Waals surface area (Å²) < 4.78 is 0. The highest BCUT2D eigenvalue weighted by Crippen LogP contribution is 2.31. The zero-order valence-electron chi connectivity index (χ0n) is 10.2. The van der Waals surface area contributed by atoms with E-state index in [4.69, 9.17) is 34.8 Å². The highest BCUT2D eigenvalue weighted by atomic mass is 35.5. The molecule has 19 heavy (non-hydrogen) atoms. The molecule has 0 spiro atoms. The van der Waals surface area contributed by atoms with E-state index in [1.807, 2.05) is 30.3 Å². The molecular formula is C15H12Cl3N. The van der Waals surface area contributed by atoms with Crippen LogP contribution in [0.15, 0.2) is 36.4 Å². The molecule has 0 N–H and O–H groups in total. The maximum atomic E-state index is 6.08. The number of nitrogens with zero attached hydrogens (tertiary/aromatic N) is 1. The maximum absolute atomic E-state index is 6.08. The van der Waals surface area contributed by atoms with Crippen LogP contribution in [0.3, 0.4) is 0 Å². The predicted molar refractivity (Wildman–Crippen MR) is 82.7 cm³/mol. The smallest absolute Gasteiger partial charge is 0.0612 e. The first-order valence-corrected chi connectivity index (χ1v) is 7.24. The van der Waals surface area contributed by atoms with Crippen LogP contribution < -0.4 is 4.90 Å². The van der Waals surface area contributed by atoms with Crippen LogP contribution in [0.1, 0.15) is 11.1 Å². The average molecular weight is 313 g/mol. The molecular weight excluding hydrogens is 301 g/mol. The summed E-state index contributed by atoms with van der Waals surface area (Å²) in [6, 6.07) is 11.9. The van der Waals surface area contributed by atoms with Gasteiger partial charge in [-0.3, -0.25) is 0 Å². The Hall–Kier alpha value is -0.890. The third kappa shape index (κ3) is 2.69. The molecule has 0 saturated heterocycles. The molecule has 0 fully saturated rings. The first kappa shape index (κ1) is 13.1. The Morgan fingerprint density at radius 3 is 2.47 bits per heavy atom. The summed E-state index contributed by atoms with van der Waals surface area (Å²) in [7, 11) is 0. The Morgan fingerprint density at radius 1 is 0.842 bits per heavy atom.